The van der Waals surface area contributed by atoms with Crippen LogP contribution < -0.4 is 0 Å². The molecule has 2 rings (SSSR count). The van der Waals surface area contributed by atoms with Gasteiger partial charge in [0.2, 0.25) is 0 Å². The fraction of sp³-hybridized carbons (Fsp3) is 0.636. The normalized spacial score (nSPS) is 23.3. The molecular formula is C11H14BrClOS. The van der Waals surface area contributed by atoms with Gasteiger partial charge < -0.3 is 4.74 Å². The predicted molar refractivity (Wildman–Crippen MR) is 68.9 cm³/mol. The number of hydrogen-bond donors (Lipinski definition) is 0. The number of ether oxygens (including phenoxy) is 1. The van der Waals surface area contributed by atoms with Crippen molar-refractivity contribution in [3.05, 3.63) is 20.3 Å². The number of alkyl halides is 1. The molecule has 1 nitrogen and oxygen atoms in total. The van der Waals surface area contributed by atoms with Gasteiger partial charge in [-0.05, 0) is 53.7 Å². The Balaban J connectivity index is 2.00. The molecule has 2 heterocycles. The molecule has 1 aromatic heterocycles. The Morgan fingerprint density at radius 1 is 1.73 bits per heavy atom. The van der Waals surface area contributed by atoms with Gasteiger partial charge in [-0.3, -0.25) is 0 Å². The summed E-state index contributed by atoms with van der Waals surface area (Å²) in [4.78, 5) is 1.31. The Kier molecular flexibility index (Phi) is 4.10. The van der Waals surface area contributed by atoms with Crippen LogP contribution in [0.4, 0.5) is 0 Å². The van der Waals surface area contributed by atoms with Crippen LogP contribution in [0.5, 0.6) is 0 Å². The van der Waals surface area contributed by atoms with Crippen molar-refractivity contribution in [3.8, 4) is 0 Å². The number of halogens is 2. The summed E-state index contributed by atoms with van der Waals surface area (Å²) < 4.78 is 6.76. The third kappa shape index (κ3) is 2.96. The third-order valence-electron chi connectivity index (χ3n) is 2.76. The SMILES string of the molecule is Cc1sc(Br)cc1C(Cl)CC1CCCO1. The standard InChI is InChI=1S/C11H14BrClOS/c1-7-9(6-11(12)15-7)10(13)5-8-3-2-4-14-8/h6,8,10H,2-5H2,1H3. The number of rotatable bonds is 3. The summed E-state index contributed by atoms with van der Waals surface area (Å²) in [6.45, 7) is 3.02. The van der Waals surface area contributed by atoms with Crippen LogP contribution in [0.3, 0.4) is 0 Å². The van der Waals surface area contributed by atoms with E-state index in [2.05, 4.69) is 28.9 Å². The summed E-state index contributed by atoms with van der Waals surface area (Å²) >= 11 is 11.7. The average Bonchev–Trinajstić information content (AvgIpc) is 2.75. The van der Waals surface area contributed by atoms with Gasteiger partial charge in [-0.15, -0.1) is 22.9 Å². The Hall–Kier alpha value is 0.430. The van der Waals surface area contributed by atoms with Crippen LogP contribution >= 0.6 is 38.9 Å². The summed E-state index contributed by atoms with van der Waals surface area (Å²) in [5.41, 5.74) is 1.25. The first-order chi connectivity index (χ1) is 7.16. The van der Waals surface area contributed by atoms with Crippen LogP contribution in [0.2, 0.25) is 0 Å². The van der Waals surface area contributed by atoms with E-state index in [1.54, 1.807) is 11.3 Å². The smallest absolute Gasteiger partial charge is 0.0704 e. The summed E-state index contributed by atoms with van der Waals surface area (Å²) in [6, 6.07) is 2.13. The second-order valence-electron chi connectivity index (χ2n) is 3.90. The van der Waals surface area contributed by atoms with E-state index in [1.165, 1.54) is 16.9 Å². The lowest BCUT2D eigenvalue weighted by Crippen LogP contribution is -2.08. The monoisotopic (exact) mass is 308 g/mol. The van der Waals surface area contributed by atoms with Gasteiger partial charge in [0, 0.05) is 11.5 Å². The maximum Gasteiger partial charge on any atom is 0.0704 e. The fourth-order valence-corrected chi connectivity index (χ4v) is 4.22. The van der Waals surface area contributed by atoms with Crippen molar-refractivity contribution < 1.29 is 4.74 Å². The van der Waals surface area contributed by atoms with Crippen molar-refractivity contribution in [3.63, 3.8) is 0 Å². The summed E-state index contributed by atoms with van der Waals surface area (Å²) in [7, 11) is 0. The van der Waals surface area contributed by atoms with Crippen LogP contribution in [-0.2, 0) is 4.74 Å². The first kappa shape index (κ1) is 11.9. The zero-order valence-electron chi connectivity index (χ0n) is 8.63. The topological polar surface area (TPSA) is 9.23 Å². The zero-order chi connectivity index (χ0) is 10.8. The van der Waals surface area contributed by atoms with Crippen LogP contribution in [0.15, 0.2) is 9.85 Å². The third-order valence-corrected chi connectivity index (χ3v) is 4.74. The van der Waals surface area contributed by atoms with Crippen LogP contribution in [0.25, 0.3) is 0 Å². The molecule has 0 aliphatic carbocycles. The highest BCUT2D eigenvalue weighted by Crippen LogP contribution is 2.37. The van der Waals surface area contributed by atoms with Gasteiger partial charge in [0.25, 0.3) is 0 Å². The molecule has 0 radical (unpaired) electrons. The van der Waals surface area contributed by atoms with Crippen molar-refractivity contribution in [2.24, 2.45) is 0 Å². The molecule has 1 aliphatic heterocycles. The molecule has 0 aromatic carbocycles. The molecule has 2 atom stereocenters. The molecule has 4 heteroatoms. The van der Waals surface area contributed by atoms with Gasteiger partial charge >= 0.3 is 0 Å². The fourth-order valence-electron chi connectivity index (χ4n) is 1.96. The minimum absolute atomic E-state index is 0.0932. The minimum Gasteiger partial charge on any atom is -0.378 e. The van der Waals surface area contributed by atoms with Gasteiger partial charge in [0.1, 0.15) is 0 Å². The van der Waals surface area contributed by atoms with E-state index >= 15 is 0 Å². The largest absolute Gasteiger partial charge is 0.378 e. The summed E-state index contributed by atoms with van der Waals surface area (Å²) in [5.74, 6) is 0. The van der Waals surface area contributed by atoms with Gasteiger partial charge in [-0.1, -0.05) is 0 Å². The van der Waals surface area contributed by atoms with Gasteiger partial charge in [0.05, 0.1) is 15.3 Å². The number of aryl methyl sites for hydroxylation is 1. The van der Waals surface area contributed by atoms with E-state index in [0.717, 1.165) is 23.2 Å². The van der Waals surface area contributed by atoms with Gasteiger partial charge in [0.15, 0.2) is 0 Å². The Labute approximate surface area is 108 Å². The first-order valence-electron chi connectivity index (χ1n) is 5.18. The Morgan fingerprint density at radius 2 is 2.53 bits per heavy atom. The number of hydrogen-bond acceptors (Lipinski definition) is 2. The van der Waals surface area contributed by atoms with Crippen LogP contribution in [0, 0.1) is 6.92 Å². The molecule has 1 saturated heterocycles. The van der Waals surface area contributed by atoms with E-state index in [0.29, 0.717) is 6.10 Å². The van der Waals surface area contributed by atoms with Crippen molar-refractivity contribution in [1.82, 2.24) is 0 Å². The highest BCUT2D eigenvalue weighted by Gasteiger charge is 2.22. The first-order valence-corrected chi connectivity index (χ1v) is 7.23. The molecule has 0 spiro atoms. The van der Waals surface area contributed by atoms with Crippen molar-refractivity contribution in [2.45, 2.75) is 37.7 Å². The molecule has 1 aliphatic rings. The van der Waals surface area contributed by atoms with E-state index in [9.17, 15) is 0 Å². The molecule has 0 amide bonds. The highest BCUT2D eigenvalue weighted by molar-refractivity contribution is 9.11. The van der Waals surface area contributed by atoms with E-state index in [-0.39, 0.29) is 5.38 Å². The molecule has 0 N–H and O–H groups in total. The molecule has 2 unspecified atom stereocenters. The molecule has 0 bridgehead atoms. The van der Waals surface area contributed by atoms with Crippen molar-refractivity contribution in [1.29, 1.82) is 0 Å². The highest BCUT2D eigenvalue weighted by atomic mass is 79.9. The maximum absolute atomic E-state index is 6.41. The van der Waals surface area contributed by atoms with Gasteiger partial charge in [-0.25, -0.2) is 0 Å². The lowest BCUT2D eigenvalue weighted by atomic mass is 10.1. The zero-order valence-corrected chi connectivity index (χ0v) is 11.8. The lowest BCUT2D eigenvalue weighted by molar-refractivity contribution is 0.103. The average molecular weight is 310 g/mol. The quantitative estimate of drug-likeness (QED) is 0.737. The van der Waals surface area contributed by atoms with E-state index < -0.39 is 0 Å². The summed E-state index contributed by atoms with van der Waals surface area (Å²) in [6.07, 6.45) is 3.64. The minimum atomic E-state index is 0.0932. The molecule has 15 heavy (non-hydrogen) atoms. The second-order valence-corrected chi connectivity index (χ2v) is 7.06. The Morgan fingerprint density at radius 3 is 3.07 bits per heavy atom. The summed E-state index contributed by atoms with van der Waals surface area (Å²) in [5, 5.41) is 0.0932. The van der Waals surface area contributed by atoms with Crippen LogP contribution in [0.1, 0.15) is 35.1 Å². The molecule has 1 aromatic rings. The van der Waals surface area contributed by atoms with Gasteiger partial charge in [-0.2, -0.15) is 0 Å². The van der Waals surface area contributed by atoms with Crippen LogP contribution in [-0.4, -0.2) is 12.7 Å². The molecule has 1 fully saturated rings. The Bertz CT molecular complexity index is 333. The molecule has 0 saturated carbocycles. The van der Waals surface area contributed by atoms with E-state index in [4.69, 9.17) is 16.3 Å². The van der Waals surface area contributed by atoms with E-state index in [1.807, 2.05) is 0 Å². The predicted octanol–water partition coefficient (Wildman–Crippen LogP) is 4.67. The maximum atomic E-state index is 6.41. The lowest BCUT2D eigenvalue weighted by Gasteiger charge is -2.14. The molecular weight excluding hydrogens is 296 g/mol. The molecule has 84 valence electrons. The second kappa shape index (κ2) is 5.17. The number of thiophene rings is 1. The van der Waals surface area contributed by atoms with Crippen molar-refractivity contribution >= 4 is 38.9 Å². The van der Waals surface area contributed by atoms with Crippen molar-refractivity contribution in [2.75, 3.05) is 6.61 Å².